The summed E-state index contributed by atoms with van der Waals surface area (Å²) in [4.78, 5) is 0. The summed E-state index contributed by atoms with van der Waals surface area (Å²) in [5, 5.41) is 0. The average Bonchev–Trinajstić information content (AvgIpc) is 1.55. The van der Waals surface area contributed by atoms with E-state index in [1.54, 1.807) is 0 Å². The molecule has 0 bridgehead atoms. The van der Waals surface area contributed by atoms with Gasteiger partial charge in [-0.3, -0.25) is 0 Å². The van der Waals surface area contributed by atoms with E-state index in [2.05, 4.69) is 9.85 Å². The fourth-order valence-electron chi connectivity index (χ4n) is 0.396. The van der Waals surface area contributed by atoms with Gasteiger partial charge in [-0.05, 0) is 3.93 Å². The predicted molar refractivity (Wildman–Crippen MR) is 36.1 cm³/mol. The van der Waals surface area contributed by atoms with Crippen LogP contribution in [0.1, 0.15) is 0 Å². The van der Waals surface area contributed by atoms with Crippen LogP contribution in [-0.4, -0.2) is 13.2 Å². The molecule has 0 N–H and O–H groups in total. The lowest BCUT2D eigenvalue weighted by molar-refractivity contribution is -0.00294. The third-order valence-corrected chi connectivity index (χ3v) is 1.21. The highest BCUT2D eigenvalue weighted by Gasteiger charge is 2.14. The van der Waals surface area contributed by atoms with Crippen molar-refractivity contribution in [2.75, 3.05) is 13.2 Å². The predicted octanol–water partition coefficient (Wildman–Crippen LogP) is 1.03. The molecule has 0 spiro atoms. The van der Waals surface area contributed by atoms with Crippen LogP contribution in [0.3, 0.4) is 0 Å². The molecule has 1 saturated heterocycles. The highest BCUT2D eigenvalue weighted by molar-refractivity contribution is 14.1. The van der Waals surface area contributed by atoms with Crippen molar-refractivity contribution >= 4 is 22.6 Å². The molecule has 1 rings (SSSR count). The van der Waals surface area contributed by atoms with Crippen LogP contribution in [-0.2, 0) is 4.74 Å². The Labute approximate surface area is 56.6 Å². The second kappa shape index (κ2) is 2.53. The highest BCUT2D eigenvalue weighted by Crippen LogP contribution is 2.07. The minimum absolute atomic E-state index is 0.539. The zero-order valence-corrected chi connectivity index (χ0v) is 5.94. The molecule has 1 aliphatic rings. The van der Waals surface area contributed by atoms with Crippen LogP contribution in [0.2, 0.25) is 0 Å². The first-order valence-electron chi connectivity index (χ1n) is 2.12. The van der Waals surface area contributed by atoms with Crippen LogP contribution in [0.5, 0.6) is 0 Å². The van der Waals surface area contributed by atoms with Gasteiger partial charge in [-0.15, -0.1) is 0 Å². The number of hydrogen-bond acceptors (Lipinski definition) is 1. The molecule has 0 aromatic rings. The monoisotopic (exact) mass is 208 g/mol. The maximum Gasteiger partial charge on any atom is 0.0678 e. The van der Waals surface area contributed by atoms with Gasteiger partial charge in [0.1, 0.15) is 0 Å². The molecule has 0 aliphatic carbocycles. The molecule has 1 aliphatic heterocycles. The third-order valence-electron chi connectivity index (χ3n) is 0.897. The molecule has 0 saturated carbocycles. The van der Waals surface area contributed by atoms with Crippen molar-refractivity contribution in [2.45, 2.75) is 0 Å². The Hall–Kier alpha value is 0.250. The molecular weight excluding hydrogens is 203 g/mol. The van der Waals surface area contributed by atoms with Gasteiger partial charge >= 0.3 is 0 Å². The van der Waals surface area contributed by atoms with Gasteiger partial charge < -0.3 is 4.74 Å². The van der Waals surface area contributed by atoms with Crippen LogP contribution in [0.4, 0.5) is 0 Å². The molecule has 0 radical (unpaired) electrons. The van der Waals surface area contributed by atoms with Crippen LogP contribution < -0.4 is 0 Å². The first-order valence-corrected chi connectivity index (χ1v) is 3.20. The summed E-state index contributed by atoms with van der Waals surface area (Å²) in [5.41, 5.74) is 0. The van der Waals surface area contributed by atoms with E-state index in [4.69, 9.17) is 4.74 Å². The van der Waals surface area contributed by atoms with E-state index in [1.807, 2.05) is 22.6 Å². The molecule has 7 heavy (non-hydrogen) atoms. The number of rotatable bonds is 0. The van der Waals surface area contributed by atoms with Gasteiger partial charge in [0.05, 0.1) is 19.1 Å². The molecule has 0 atom stereocenters. The summed E-state index contributed by atoms with van der Waals surface area (Å²) in [7, 11) is 0. The molecule has 0 aromatic carbocycles. The quantitative estimate of drug-likeness (QED) is 0.426. The van der Waals surface area contributed by atoms with E-state index < -0.39 is 0 Å². The Morgan fingerprint density at radius 2 is 2.29 bits per heavy atom. The zero-order valence-electron chi connectivity index (χ0n) is 3.78. The Morgan fingerprint density at radius 3 is 2.43 bits per heavy atom. The van der Waals surface area contributed by atoms with E-state index in [9.17, 15) is 0 Å². The lowest BCUT2D eigenvalue weighted by atomic mass is 10.1. The van der Waals surface area contributed by atoms with E-state index >= 15 is 0 Å². The lowest BCUT2D eigenvalue weighted by Gasteiger charge is -2.19. The van der Waals surface area contributed by atoms with Gasteiger partial charge in [0.15, 0.2) is 0 Å². The molecule has 0 unspecified atom stereocenters. The number of halogens is 1. The number of ether oxygens (including phenoxy) is 1. The van der Waals surface area contributed by atoms with Gasteiger partial charge in [0.2, 0.25) is 0 Å². The van der Waals surface area contributed by atoms with Crippen molar-refractivity contribution in [1.82, 2.24) is 0 Å². The van der Waals surface area contributed by atoms with Crippen molar-refractivity contribution in [2.24, 2.45) is 5.92 Å². The van der Waals surface area contributed by atoms with Crippen molar-refractivity contribution in [3.63, 3.8) is 0 Å². The molecule has 2 heteroatoms. The molecule has 1 nitrogen and oxygen atoms in total. The second-order valence-corrected chi connectivity index (χ2v) is 2.01. The number of hydrogen-bond donors (Lipinski definition) is 0. The highest BCUT2D eigenvalue weighted by atomic mass is 127. The molecule has 1 fully saturated rings. The maximum absolute atomic E-state index is 4.88. The Kier molecular flexibility index (Phi) is 1.95. The van der Waals surface area contributed by atoms with Crippen LogP contribution in [0.25, 0.3) is 0 Å². The first-order chi connectivity index (χ1) is 3.43. The van der Waals surface area contributed by atoms with Crippen LogP contribution >= 0.6 is 22.6 Å². The van der Waals surface area contributed by atoms with Crippen molar-refractivity contribution < 1.29 is 4.74 Å². The summed E-state index contributed by atoms with van der Waals surface area (Å²) in [6.07, 6.45) is 0. The Bertz CT molecular complexity index is 107. The van der Waals surface area contributed by atoms with Gasteiger partial charge in [-0.25, -0.2) is 0 Å². The summed E-state index contributed by atoms with van der Waals surface area (Å²) in [6.45, 7) is 1.69. The zero-order chi connectivity index (χ0) is 5.11. The van der Waals surface area contributed by atoms with Crippen molar-refractivity contribution in [3.05, 3.63) is 0 Å². The largest absolute Gasteiger partial charge is 0.379 e. The van der Waals surface area contributed by atoms with E-state index in [-0.39, 0.29) is 0 Å². The van der Waals surface area contributed by atoms with Gasteiger partial charge in [0.25, 0.3) is 0 Å². The topological polar surface area (TPSA) is 9.23 Å². The van der Waals surface area contributed by atoms with E-state index in [1.165, 1.54) is 0 Å². The fraction of sp³-hybridized carbons (Fsp3) is 0.600. The van der Waals surface area contributed by atoms with Crippen LogP contribution in [0.15, 0.2) is 0 Å². The van der Waals surface area contributed by atoms with Crippen LogP contribution in [0, 0.1) is 15.8 Å². The SMILES string of the molecule is IC#CC1COC1. The van der Waals surface area contributed by atoms with E-state index in [0.717, 1.165) is 13.2 Å². The standard InChI is InChI=1S/C5H5IO/c6-2-1-5-3-7-4-5/h5H,3-4H2. The van der Waals surface area contributed by atoms with Gasteiger partial charge in [0, 0.05) is 22.6 Å². The summed E-state index contributed by atoms with van der Waals surface area (Å²) < 4.78 is 7.69. The van der Waals surface area contributed by atoms with Crippen molar-refractivity contribution in [3.8, 4) is 9.85 Å². The van der Waals surface area contributed by atoms with Gasteiger partial charge in [-0.1, -0.05) is 5.92 Å². The maximum atomic E-state index is 4.88. The average molecular weight is 208 g/mol. The molecule has 1 heterocycles. The summed E-state index contributed by atoms with van der Waals surface area (Å²) in [6, 6.07) is 0. The first kappa shape index (κ1) is 5.39. The van der Waals surface area contributed by atoms with Crippen molar-refractivity contribution in [1.29, 1.82) is 0 Å². The molecule has 38 valence electrons. The molecule has 0 amide bonds. The molecule has 0 aromatic heterocycles. The smallest absolute Gasteiger partial charge is 0.0678 e. The fourth-order valence-corrected chi connectivity index (χ4v) is 0.837. The third kappa shape index (κ3) is 1.32. The Balaban J connectivity index is 2.23. The second-order valence-electron chi connectivity index (χ2n) is 1.47. The Morgan fingerprint density at radius 1 is 1.57 bits per heavy atom. The lowest BCUT2D eigenvalue weighted by Crippen LogP contribution is -2.25. The summed E-state index contributed by atoms with van der Waals surface area (Å²) in [5.74, 6) is 3.53. The minimum Gasteiger partial charge on any atom is -0.379 e. The summed E-state index contributed by atoms with van der Waals surface area (Å²) >= 11 is 2.04. The normalized spacial score (nSPS) is 19.6. The van der Waals surface area contributed by atoms with E-state index in [0.29, 0.717) is 5.92 Å². The molecular formula is C5H5IO. The minimum atomic E-state index is 0.539. The van der Waals surface area contributed by atoms with Gasteiger partial charge in [-0.2, -0.15) is 0 Å².